The maximum Gasteiger partial charge on any atom is 0.150 e. The predicted molar refractivity (Wildman–Crippen MR) is 70.6 cm³/mol. The van der Waals surface area contributed by atoms with E-state index in [0.717, 1.165) is 17.5 Å². The van der Waals surface area contributed by atoms with Crippen molar-refractivity contribution >= 4 is 5.84 Å². The number of benzene rings is 2. The fourth-order valence-electron chi connectivity index (χ4n) is 1.81. The van der Waals surface area contributed by atoms with Crippen molar-refractivity contribution < 1.29 is 0 Å². The molecular formula is C14H15N3. The zero-order valence-electron chi connectivity index (χ0n) is 9.51. The van der Waals surface area contributed by atoms with Gasteiger partial charge in [-0.25, -0.2) is 0 Å². The number of hydrogen-bond acceptors (Lipinski definition) is 2. The third-order valence-electron chi connectivity index (χ3n) is 2.67. The second-order valence-corrected chi connectivity index (χ2v) is 3.83. The Morgan fingerprint density at radius 3 is 2.29 bits per heavy atom. The summed E-state index contributed by atoms with van der Waals surface area (Å²) in [4.78, 5) is 0. The fraction of sp³-hybridized carbons (Fsp3) is 0.0714. The highest BCUT2D eigenvalue weighted by molar-refractivity contribution is 5.98. The Morgan fingerprint density at radius 1 is 0.941 bits per heavy atom. The summed E-state index contributed by atoms with van der Waals surface area (Å²) in [6.07, 6.45) is 0.827. The van der Waals surface area contributed by atoms with Gasteiger partial charge < -0.3 is 11.6 Å². The molecule has 0 spiro atoms. The van der Waals surface area contributed by atoms with Crippen LogP contribution in [0.4, 0.5) is 0 Å². The number of amidine groups is 1. The summed E-state index contributed by atoms with van der Waals surface area (Å²) < 4.78 is 0. The van der Waals surface area contributed by atoms with Crippen molar-refractivity contribution in [2.45, 2.75) is 6.42 Å². The summed E-state index contributed by atoms with van der Waals surface area (Å²) in [7, 11) is 0. The highest BCUT2D eigenvalue weighted by Gasteiger charge is 2.05. The van der Waals surface area contributed by atoms with Crippen molar-refractivity contribution in [2.24, 2.45) is 16.7 Å². The lowest BCUT2D eigenvalue weighted by Crippen LogP contribution is -2.17. The topological polar surface area (TPSA) is 64.4 Å². The van der Waals surface area contributed by atoms with Crippen LogP contribution >= 0.6 is 0 Å². The number of rotatable bonds is 3. The summed E-state index contributed by atoms with van der Waals surface area (Å²) in [6.45, 7) is 0. The minimum Gasteiger partial charge on any atom is -0.382 e. The van der Waals surface area contributed by atoms with Gasteiger partial charge in [0.25, 0.3) is 0 Å². The first kappa shape index (κ1) is 11.2. The van der Waals surface area contributed by atoms with Crippen molar-refractivity contribution in [3.05, 3.63) is 71.3 Å². The number of nitrogens with zero attached hydrogens (tertiary/aromatic N) is 1. The molecule has 0 aliphatic carbocycles. The number of hydrogen-bond donors (Lipinski definition) is 2. The van der Waals surface area contributed by atoms with E-state index >= 15 is 0 Å². The molecule has 3 heteroatoms. The zero-order valence-corrected chi connectivity index (χ0v) is 9.51. The highest BCUT2D eigenvalue weighted by atomic mass is 15.2. The van der Waals surface area contributed by atoms with Gasteiger partial charge in [0.05, 0.1) is 0 Å². The Morgan fingerprint density at radius 2 is 1.59 bits per heavy atom. The molecule has 0 aliphatic rings. The van der Waals surface area contributed by atoms with Crippen LogP contribution in [0.25, 0.3) is 0 Å². The van der Waals surface area contributed by atoms with Crippen LogP contribution in [-0.2, 0) is 6.42 Å². The number of nitrogens with two attached hydrogens (primary N) is 2. The van der Waals surface area contributed by atoms with Crippen molar-refractivity contribution in [1.29, 1.82) is 0 Å². The van der Waals surface area contributed by atoms with Crippen LogP contribution in [0, 0.1) is 0 Å². The third-order valence-corrected chi connectivity index (χ3v) is 2.67. The van der Waals surface area contributed by atoms with Gasteiger partial charge in [0.2, 0.25) is 0 Å². The highest BCUT2D eigenvalue weighted by Crippen LogP contribution is 2.13. The summed E-state index contributed by atoms with van der Waals surface area (Å²) in [6, 6.07) is 18.1. The molecule has 0 bridgehead atoms. The monoisotopic (exact) mass is 225 g/mol. The molecule has 86 valence electrons. The van der Waals surface area contributed by atoms with Crippen LogP contribution in [-0.4, -0.2) is 5.84 Å². The molecule has 4 N–H and O–H groups in total. The lowest BCUT2D eigenvalue weighted by atomic mass is 9.99. The van der Waals surface area contributed by atoms with Crippen molar-refractivity contribution in [3.8, 4) is 0 Å². The molecule has 0 heterocycles. The smallest absolute Gasteiger partial charge is 0.150 e. The summed E-state index contributed by atoms with van der Waals surface area (Å²) in [5, 5.41) is 3.56. The van der Waals surface area contributed by atoms with Crippen LogP contribution in [0.1, 0.15) is 16.7 Å². The van der Waals surface area contributed by atoms with Crippen molar-refractivity contribution in [3.63, 3.8) is 0 Å². The molecule has 3 nitrogen and oxygen atoms in total. The van der Waals surface area contributed by atoms with E-state index in [2.05, 4.69) is 17.2 Å². The largest absolute Gasteiger partial charge is 0.382 e. The van der Waals surface area contributed by atoms with E-state index in [0.29, 0.717) is 5.84 Å². The molecule has 0 atom stereocenters. The molecule has 2 rings (SSSR count). The third kappa shape index (κ3) is 2.64. The Bertz CT molecular complexity index is 518. The normalized spacial score (nSPS) is 11.4. The van der Waals surface area contributed by atoms with E-state index in [9.17, 15) is 0 Å². The molecule has 0 fully saturated rings. The predicted octanol–water partition coefficient (Wildman–Crippen LogP) is 1.86. The Hall–Kier alpha value is -2.29. The Kier molecular flexibility index (Phi) is 3.40. The van der Waals surface area contributed by atoms with Gasteiger partial charge in [-0.3, -0.25) is 0 Å². The van der Waals surface area contributed by atoms with Gasteiger partial charge in [0.1, 0.15) is 0 Å². The molecule has 0 saturated carbocycles. The molecule has 0 amide bonds. The van der Waals surface area contributed by atoms with E-state index in [1.807, 2.05) is 42.5 Å². The van der Waals surface area contributed by atoms with Gasteiger partial charge in [-0.05, 0) is 17.5 Å². The average molecular weight is 225 g/mol. The lowest BCUT2D eigenvalue weighted by Gasteiger charge is -2.08. The molecule has 0 saturated heterocycles. The molecule has 0 aliphatic heterocycles. The number of hydrazone groups is 1. The molecule has 0 unspecified atom stereocenters. The first-order chi connectivity index (χ1) is 8.31. The molecule has 2 aromatic rings. The molecule has 17 heavy (non-hydrogen) atoms. The Balaban J connectivity index is 2.33. The average Bonchev–Trinajstić information content (AvgIpc) is 2.40. The maximum atomic E-state index is 5.77. The zero-order chi connectivity index (χ0) is 12.1. The molecule has 0 radical (unpaired) electrons. The van der Waals surface area contributed by atoms with Gasteiger partial charge in [-0.2, -0.15) is 5.10 Å². The van der Waals surface area contributed by atoms with E-state index in [-0.39, 0.29) is 0 Å². The van der Waals surface area contributed by atoms with E-state index in [1.54, 1.807) is 0 Å². The van der Waals surface area contributed by atoms with Crippen LogP contribution in [0.5, 0.6) is 0 Å². The van der Waals surface area contributed by atoms with Gasteiger partial charge in [0.15, 0.2) is 5.84 Å². The van der Waals surface area contributed by atoms with Gasteiger partial charge in [-0.15, -0.1) is 0 Å². The van der Waals surface area contributed by atoms with Crippen molar-refractivity contribution in [1.82, 2.24) is 0 Å². The van der Waals surface area contributed by atoms with E-state index in [4.69, 9.17) is 11.6 Å². The fourth-order valence-corrected chi connectivity index (χ4v) is 1.81. The summed E-state index contributed by atoms with van der Waals surface area (Å²) in [5.74, 6) is 5.60. The lowest BCUT2D eigenvalue weighted by molar-refractivity contribution is 1.17. The van der Waals surface area contributed by atoms with Crippen LogP contribution in [0.3, 0.4) is 0 Å². The quantitative estimate of drug-likeness (QED) is 0.362. The van der Waals surface area contributed by atoms with E-state index < -0.39 is 0 Å². The minimum atomic E-state index is 0.372. The van der Waals surface area contributed by atoms with Gasteiger partial charge >= 0.3 is 0 Å². The van der Waals surface area contributed by atoms with Crippen molar-refractivity contribution in [2.75, 3.05) is 0 Å². The van der Waals surface area contributed by atoms with Crippen LogP contribution < -0.4 is 11.6 Å². The minimum absolute atomic E-state index is 0.372. The summed E-state index contributed by atoms with van der Waals surface area (Å²) >= 11 is 0. The van der Waals surface area contributed by atoms with Crippen LogP contribution in [0.15, 0.2) is 59.7 Å². The first-order valence-electron chi connectivity index (χ1n) is 5.47. The molecule has 0 aromatic heterocycles. The molecular weight excluding hydrogens is 210 g/mol. The SMILES string of the molecule is NN=C(N)c1ccccc1Cc1ccccc1. The maximum absolute atomic E-state index is 5.77. The van der Waals surface area contributed by atoms with Gasteiger partial charge in [-0.1, -0.05) is 54.6 Å². The molecule has 2 aromatic carbocycles. The second-order valence-electron chi connectivity index (χ2n) is 3.83. The van der Waals surface area contributed by atoms with E-state index in [1.165, 1.54) is 5.56 Å². The first-order valence-corrected chi connectivity index (χ1v) is 5.47. The summed E-state index contributed by atoms with van der Waals surface area (Å²) in [5.41, 5.74) is 9.05. The van der Waals surface area contributed by atoms with Gasteiger partial charge in [0, 0.05) is 5.56 Å². The second kappa shape index (κ2) is 5.16. The standard InChI is InChI=1S/C14H15N3/c15-14(17-16)13-9-5-4-8-12(13)10-11-6-2-1-3-7-11/h1-9H,10,16H2,(H2,15,17). The Labute approximate surface area is 101 Å². The van der Waals surface area contributed by atoms with Crippen LogP contribution in [0.2, 0.25) is 0 Å².